The van der Waals surface area contributed by atoms with Gasteiger partial charge in [-0.2, -0.15) is 10.4 Å². The summed E-state index contributed by atoms with van der Waals surface area (Å²) in [5.41, 5.74) is 0.575. The van der Waals surface area contributed by atoms with Crippen molar-refractivity contribution in [2.45, 2.75) is 0 Å². The highest BCUT2D eigenvalue weighted by molar-refractivity contribution is 5.83. The van der Waals surface area contributed by atoms with Crippen LogP contribution in [0.15, 0.2) is 18.3 Å². The standard InChI is InChI=1S/C9H6N4O2/c1-12-8-2-6(4-10)9(13(14)15)3-7(8)5-11-12/h2-3,5H,1H3. The summed E-state index contributed by atoms with van der Waals surface area (Å²) < 4.78 is 1.57. The molecule has 6 nitrogen and oxygen atoms in total. The molecule has 0 unspecified atom stereocenters. The molecule has 0 N–H and O–H groups in total. The quantitative estimate of drug-likeness (QED) is 0.516. The largest absolute Gasteiger partial charge is 0.287 e. The number of hydrogen-bond donors (Lipinski definition) is 0. The summed E-state index contributed by atoms with van der Waals surface area (Å²) in [6, 6.07) is 4.64. The Morgan fingerprint density at radius 3 is 2.93 bits per heavy atom. The molecule has 1 heterocycles. The molecule has 0 aliphatic heterocycles. The maximum Gasteiger partial charge on any atom is 0.287 e. The van der Waals surface area contributed by atoms with Gasteiger partial charge < -0.3 is 0 Å². The first-order valence-corrected chi connectivity index (χ1v) is 4.13. The Balaban J connectivity index is 2.84. The lowest BCUT2D eigenvalue weighted by molar-refractivity contribution is -0.385. The van der Waals surface area contributed by atoms with E-state index in [4.69, 9.17) is 5.26 Å². The third-order valence-electron chi connectivity index (χ3n) is 2.18. The summed E-state index contributed by atoms with van der Waals surface area (Å²) in [5, 5.41) is 24.0. The van der Waals surface area contributed by atoms with Crippen molar-refractivity contribution in [2.75, 3.05) is 0 Å². The smallest absolute Gasteiger partial charge is 0.268 e. The molecule has 74 valence electrons. The van der Waals surface area contributed by atoms with Crippen LogP contribution >= 0.6 is 0 Å². The summed E-state index contributed by atoms with van der Waals surface area (Å²) in [5.74, 6) is 0. The Morgan fingerprint density at radius 1 is 1.60 bits per heavy atom. The molecule has 15 heavy (non-hydrogen) atoms. The monoisotopic (exact) mass is 202 g/mol. The Morgan fingerprint density at radius 2 is 2.33 bits per heavy atom. The summed E-state index contributed by atoms with van der Waals surface area (Å²) in [7, 11) is 1.72. The van der Waals surface area contributed by atoms with Crippen LogP contribution in [0.2, 0.25) is 0 Å². The van der Waals surface area contributed by atoms with Crippen molar-refractivity contribution in [3.8, 4) is 6.07 Å². The normalized spacial score (nSPS) is 10.1. The number of aromatic nitrogens is 2. The molecule has 1 aromatic carbocycles. The van der Waals surface area contributed by atoms with Crippen molar-refractivity contribution in [1.29, 1.82) is 5.26 Å². The van der Waals surface area contributed by atoms with Crippen LogP contribution in [0, 0.1) is 21.4 Å². The second-order valence-corrected chi connectivity index (χ2v) is 3.07. The van der Waals surface area contributed by atoms with Crippen molar-refractivity contribution >= 4 is 16.6 Å². The van der Waals surface area contributed by atoms with Gasteiger partial charge in [-0.25, -0.2) is 0 Å². The molecule has 2 rings (SSSR count). The van der Waals surface area contributed by atoms with Gasteiger partial charge in [-0.05, 0) is 6.07 Å². The van der Waals surface area contributed by atoms with Gasteiger partial charge in [0, 0.05) is 18.5 Å². The van der Waals surface area contributed by atoms with Crippen LogP contribution in [0.3, 0.4) is 0 Å². The molecule has 0 aliphatic carbocycles. The minimum absolute atomic E-state index is 0.0519. The molecule has 0 spiro atoms. The summed E-state index contributed by atoms with van der Waals surface area (Å²) in [6.45, 7) is 0. The van der Waals surface area contributed by atoms with Crippen LogP contribution in [0.25, 0.3) is 10.9 Å². The first kappa shape index (κ1) is 9.15. The van der Waals surface area contributed by atoms with E-state index in [1.165, 1.54) is 18.3 Å². The molecule has 1 aromatic heterocycles. The molecule has 6 heteroatoms. The minimum atomic E-state index is -0.564. The lowest BCUT2D eigenvalue weighted by atomic mass is 10.1. The van der Waals surface area contributed by atoms with Gasteiger partial charge in [0.25, 0.3) is 5.69 Å². The average molecular weight is 202 g/mol. The lowest BCUT2D eigenvalue weighted by Crippen LogP contribution is -1.94. The topological polar surface area (TPSA) is 84.8 Å². The van der Waals surface area contributed by atoms with Gasteiger partial charge in [0.15, 0.2) is 0 Å². The van der Waals surface area contributed by atoms with E-state index in [1.807, 2.05) is 0 Å². The molecule has 0 aliphatic rings. The van der Waals surface area contributed by atoms with Crippen LogP contribution in [-0.4, -0.2) is 14.7 Å². The van der Waals surface area contributed by atoms with E-state index in [0.29, 0.717) is 10.9 Å². The molecule has 2 aromatic rings. The Labute approximate surface area is 84.5 Å². The number of nitro benzene ring substituents is 1. The SMILES string of the molecule is Cn1ncc2cc([N+](=O)[O-])c(C#N)cc21. The molecule has 0 radical (unpaired) electrons. The zero-order valence-electron chi connectivity index (χ0n) is 7.84. The zero-order valence-corrected chi connectivity index (χ0v) is 7.84. The predicted molar refractivity (Wildman–Crippen MR) is 52.1 cm³/mol. The van der Waals surface area contributed by atoms with Crippen LogP contribution in [0.1, 0.15) is 5.56 Å². The van der Waals surface area contributed by atoms with Gasteiger partial charge in [-0.15, -0.1) is 0 Å². The Hall–Kier alpha value is -2.42. The van der Waals surface area contributed by atoms with E-state index in [9.17, 15) is 10.1 Å². The average Bonchev–Trinajstić information content (AvgIpc) is 2.58. The van der Waals surface area contributed by atoms with E-state index >= 15 is 0 Å². The highest BCUT2D eigenvalue weighted by atomic mass is 16.6. The van der Waals surface area contributed by atoms with Gasteiger partial charge in [-0.3, -0.25) is 14.8 Å². The minimum Gasteiger partial charge on any atom is -0.268 e. The van der Waals surface area contributed by atoms with E-state index < -0.39 is 4.92 Å². The molecule has 0 bridgehead atoms. The number of nitriles is 1. The van der Waals surface area contributed by atoms with Gasteiger partial charge >= 0.3 is 0 Å². The number of benzene rings is 1. The Kier molecular flexibility index (Phi) is 1.87. The van der Waals surface area contributed by atoms with E-state index in [1.54, 1.807) is 17.8 Å². The van der Waals surface area contributed by atoms with Crippen LogP contribution in [-0.2, 0) is 7.05 Å². The molecule has 0 fully saturated rings. The van der Waals surface area contributed by atoms with Gasteiger partial charge in [0.2, 0.25) is 0 Å². The third-order valence-corrected chi connectivity index (χ3v) is 2.18. The summed E-state index contributed by atoms with van der Waals surface area (Å²) in [6.07, 6.45) is 1.53. The van der Waals surface area contributed by atoms with Crippen molar-refractivity contribution in [3.05, 3.63) is 34.0 Å². The second kappa shape index (κ2) is 3.06. The van der Waals surface area contributed by atoms with Crippen LogP contribution in [0.4, 0.5) is 5.69 Å². The van der Waals surface area contributed by atoms with E-state index in [0.717, 1.165) is 0 Å². The zero-order chi connectivity index (χ0) is 11.0. The summed E-state index contributed by atoms with van der Waals surface area (Å²) in [4.78, 5) is 10.1. The number of fused-ring (bicyclic) bond motifs is 1. The fourth-order valence-electron chi connectivity index (χ4n) is 1.43. The first-order valence-electron chi connectivity index (χ1n) is 4.13. The maximum absolute atomic E-state index is 10.7. The molecular weight excluding hydrogens is 196 g/mol. The van der Waals surface area contributed by atoms with Crippen molar-refractivity contribution in [1.82, 2.24) is 9.78 Å². The predicted octanol–water partition coefficient (Wildman–Crippen LogP) is 1.35. The summed E-state index contributed by atoms with van der Waals surface area (Å²) >= 11 is 0. The molecule has 0 saturated heterocycles. The van der Waals surface area contributed by atoms with Crippen LogP contribution in [0.5, 0.6) is 0 Å². The molecular formula is C9H6N4O2. The van der Waals surface area contributed by atoms with Crippen LogP contribution < -0.4 is 0 Å². The number of nitrogens with zero attached hydrogens (tertiary/aromatic N) is 4. The van der Waals surface area contributed by atoms with Gasteiger partial charge in [0.05, 0.1) is 16.6 Å². The third kappa shape index (κ3) is 1.30. The Bertz CT molecular complexity index is 594. The number of hydrogen-bond acceptors (Lipinski definition) is 4. The van der Waals surface area contributed by atoms with Crippen molar-refractivity contribution < 1.29 is 4.92 Å². The van der Waals surface area contributed by atoms with E-state index in [-0.39, 0.29) is 11.3 Å². The number of rotatable bonds is 1. The van der Waals surface area contributed by atoms with Crippen molar-refractivity contribution in [3.63, 3.8) is 0 Å². The fraction of sp³-hybridized carbons (Fsp3) is 0.111. The van der Waals surface area contributed by atoms with Crippen molar-refractivity contribution in [2.24, 2.45) is 7.05 Å². The highest BCUT2D eigenvalue weighted by Gasteiger charge is 2.16. The van der Waals surface area contributed by atoms with Gasteiger partial charge in [-0.1, -0.05) is 0 Å². The first-order chi connectivity index (χ1) is 7.13. The number of nitro groups is 1. The molecule has 0 saturated carbocycles. The maximum atomic E-state index is 10.7. The fourth-order valence-corrected chi connectivity index (χ4v) is 1.43. The molecule has 0 amide bonds. The number of aryl methyl sites for hydroxylation is 1. The molecule has 0 atom stereocenters. The highest BCUT2D eigenvalue weighted by Crippen LogP contribution is 2.24. The van der Waals surface area contributed by atoms with Gasteiger partial charge in [0.1, 0.15) is 11.6 Å². The van der Waals surface area contributed by atoms with E-state index in [2.05, 4.69) is 5.10 Å². The lowest BCUT2D eigenvalue weighted by Gasteiger charge is -1.96. The second-order valence-electron chi connectivity index (χ2n) is 3.07.